The van der Waals surface area contributed by atoms with Crippen LogP contribution >= 0.6 is 11.3 Å². The van der Waals surface area contributed by atoms with Gasteiger partial charge < -0.3 is 9.88 Å². The van der Waals surface area contributed by atoms with E-state index in [1.165, 1.54) is 23.1 Å². The zero-order valence-electron chi connectivity index (χ0n) is 15.0. The molecule has 1 fully saturated rings. The molecule has 1 aromatic carbocycles. The molecule has 0 bridgehead atoms. The molecule has 0 unspecified atom stereocenters. The Bertz CT molecular complexity index is 1010. The van der Waals surface area contributed by atoms with E-state index in [9.17, 15) is 9.59 Å². The molecule has 3 aromatic rings. The summed E-state index contributed by atoms with van der Waals surface area (Å²) in [4.78, 5) is 38.4. The fourth-order valence-corrected chi connectivity index (χ4v) is 4.08. The first-order valence-electron chi connectivity index (χ1n) is 8.98. The number of carbonyl (C=O) groups excluding carboxylic acids is 1. The van der Waals surface area contributed by atoms with Crippen molar-refractivity contribution in [2.75, 3.05) is 13.1 Å². The third-order valence-electron chi connectivity index (χ3n) is 4.87. The molecule has 3 heterocycles. The number of hydrogen-bond donors (Lipinski definition) is 1. The highest BCUT2D eigenvalue weighted by Crippen LogP contribution is 2.27. The monoisotopic (exact) mass is 380 g/mol. The predicted molar refractivity (Wildman–Crippen MR) is 105 cm³/mol. The number of amides is 1. The molecule has 1 saturated heterocycles. The van der Waals surface area contributed by atoms with Gasteiger partial charge in [0.15, 0.2) is 5.82 Å². The summed E-state index contributed by atoms with van der Waals surface area (Å²) in [6, 6.07) is 10.2. The topological polar surface area (TPSA) is 79.0 Å². The van der Waals surface area contributed by atoms with Gasteiger partial charge in [-0.15, -0.1) is 11.3 Å². The molecule has 1 aliphatic heterocycles. The Morgan fingerprint density at radius 2 is 2.11 bits per heavy atom. The minimum Gasteiger partial charge on any atom is -0.338 e. The molecule has 7 heteroatoms. The van der Waals surface area contributed by atoms with Gasteiger partial charge in [-0.2, -0.15) is 0 Å². The number of rotatable bonds is 3. The number of aromatic amines is 1. The fraction of sp³-hybridized carbons (Fsp3) is 0.300. The van der Waals surface area contributed by atoms with Crippen molar-refractivity contribution in [3.05, 3.63) is 68.4 Å². The standard InChI is InChI=1S/C20H20N4O2S/c1-13-22-17(12-27-13)18-21-10-16(19(25)23-18)20(26)24-9-5-8-15(11-24)14-6-3-2-4-7-14/h2-4,6-7,10,12,15H,5,8-9,11H2,1H3,(H,21,23,25)/t15-/m0/s1. The number of benzene rings is 1. The molecule has 0 spiro atoms. The van der Waals surface area contributed by atoms with Crippen molar-refractivity contribution in [2.45, 2.75) is 25.7 Å². The number of aryl methyl sites for hydroxylation is 1. The van der Waals surface area contributed by atoms with Gasteiger partial charge in [-0.05, 0) is 25.3 Å². The van der Waals surface area contributed by atoms with Crippen molar-refractivity contribution in [3.63, 3.8) is 0 Å². The van der Waals surface area contributed by atoms with Crippen molar-refractivity contribution < 1.29 is 4.79 Å². The van der Waals surface area contributed by atoms with E-state index in [0.717, 1.165) is 17.8 Å². The molecule has 27 heavy (non-hydrogen) atoms. The second kappa shape index (κ2) is 7.44. The number of carbonyl (C=O) groups is 1. The summed E-state index contributed by atoms with van der Waals surface area (Å²) < 4.78 is 0. The van der Waals surface area contributed by atoms with E-state index in [-0.39, 0.29) is 11.5 Å². The zero-order chi connectivity index (χ0) is 18.8. The lowest BCUT2D eigenvalue weighted by molar-refractivity contribution is 0.0705. The Kier molecular flexibility index (Phi) is 4.85. The van der Waals surface area contributed by atoms with Gasteiger partial charge >= 0.3 is 0 Å². The lowest BCUT2D eigenvalue weighted by atomic mass is 9.90. The summed E-state index contributed by atoms with van der Waals surface area (Å²) in [6.45, 7) is 3.17. The second-order valence-electron chi connectivity index (χ2n) is 6.73. The van der Waals surface area contributed by atoms with Gasteiger partial charge in [0.2, 0.25) is 0 Å². The third kappa shape index (κ3) is 3.68. The summed E-state index contributed by atoms with van der Waals surface area (Å²) >= 11 is 1.49. The van der Waals surface area contributed by atoms with Crippen molar-refractivity contribution >= 4 is 17.2 Å². The minimum atomic E-state index is -0.419. The molecule has 1 aliphatic rings. The Hall–Kier alpha value is -2.80. The first-order chi connectivity index (χ1) is 13.1. The molecule has 1 amide bonds. The highest BCUT2D eigenvalue weighted by Gasteiger charge is 2.27. The highest BCUT2D eigenvalue weighted by atomic mass is 32.1. The van der Waals surface area contributed by atoms with Crippen LogP contribution in [0.2, 0.25) is 0 Å². The van der Waals surface area contributed by atoms with Gasteiger partial charge in [0.25, 0.3) is 11.5 Å². The van der Waals surface area contributed by atoms with Crippen LogP contribution in [0.1, 0.15) is 39.7 Å². The van der Waals surface area contributed by atoms with Crippen molar-refractivity contribution in [2.24, 2.45) is 0 Å². The van der Waals surface area contributed by atoms with Crippen molar-refractivity contribution in [3.8, 4) is 11.5 Å². The third-order valence-corrected chi connectivity index (χ3v) is 5.64. The largest absolute Gasteiger partial charge is 0.338 e. The summed E-state index contributed by atoms with van der Waals surface area (Å²) in [5.74, 6) is 0.431. The first kappa shape index (κ1) is 17.6. The highest BCUT2D eigenvalue weighted by molar-refractivity contribution is 7.09. The average molecular weight is 380 g/mol. The van der Waals surface area contributed by atoms with Crippen molar-refractivity contribution in [1.29, 1.82) is 0 Å². The van der Waals surface area contributed by atoms with E-state index in [1.807, 2.05) is 30.5 Å². The van der Waals surface area contributed by atoms with Crippen LogP contribution in [0.5, 0.6) is 0 Å². The van der Waals surface area contributed by atoms with Crippen LogP contribution in [0.4, 0.5) is 0 Å². The lowest BCUT2D eigenvalue weighted by Crippen LogP contribution is -2.41. The Morgan fingerprint density at radius 3 is 2.81 bits per heavy atom. The number of H-pyrrole nitrogens is 1. The molecule has 0 aliphatic carbocycles. The molecule has 4 rings (SSSR count). The predicted octanol–water partition coefficient (Wildman–Crippen LogP) is 3.22. The first-order valence-corrected chi connectivity index (χ1v) is 9.86. The van der Waals surface area contributed by atoms with Crippen LogP contribution in [0.3, 0.4) is 0 Å². The number of nitrogens with zero attached hydrogens (tertiary/aromatic N) is 3. The van der Waals surface area contributed by atoms with Crippen LogP contribution in [0, 0.1) is 6.92 Å². The Labute approximate surface area is 160 Å². The van der Waals surface area contributed by atoms with Crippen LogP contribution in [-0.2, 0) is 0 Å². The molecule has 1 N–H and O–H groups in total. The number of likely N-dealkylation sites (tertiary alicyclic amines) is 1. The molecule has 138 valence electrons. The summed E-state index contributed by atoms with van der Waals surface area (Å²) in [7, 11) is 0. The lowest BCUT2D eigenvalue weighted by Gasteiger charge is -2.32. The summed E-state index contributed by atoms with van der Waals surface area (Å²) in [6.07, 6.45) is 3.34. The maximum atomic E-state index is 12.9. The maximum Gasteiger partial charge on any atom is 0.264 e. The molecule has 0 saturated carbocycles. The van der Waals surface area contributed by atoms with E-state index in [4.69, 9.17) is 0 Å². The maximum absolute atomic E-state index is 12.9. The van der Waals surface area contributed by atoms with Crippen LogP contribution in [0.25, 0.3) is 11.5 Å². The minimum absolute atomic E-state index is 0.0828. The van der Waals surface area contributed by atoms with Crippen LogP contribution < -0.4 is 5.56 Å². The molecule has 2 aromatic heterocycles. The van der Waals surface area contributed by atoms with E-state index in [2.05, 4.69) is 27.1 Å². The number of thiazole rings is 1. The summed E-state index contributed by atoms with van der Waals surface area (Å²) in [5.41, 5.74) is 1.52. The fourth-order valence-electron chi connectivity index (χ4n) is 3.48. The Balaban J connectivity index is 1.54. The average Bonchev–Trinajstić information content (AvgIpc) is 3.14. The number of piperidine rings is 1. The molecule has 1 atom stereocenters. The Morgan fingerprint density at radius 1 is 1.30 bits per heavy atom. The normalized spacial score (nSPS) is 17.1. The van der Waals surface area contributed by atoms with Crippen LogP contribution in [-0.4, -0.2) is 38.8 Å². The van der Waals surface area contributed by atoms with Crippen LogP contribution in [0.15, 0.2) is 46.7 Å². The van der Waals surface area contributed by atoms with E-state index < -0.39 is 5.56 Å². The zero-order valence-corrected chi connectivity index (χ0v) is 15.8. The van der Waals surface area contributed by atoms with Gasteiger partial charge in [0.1, 0.15) is 11.3 Å². The molecular weight excluding hydrogens is 360 g/mol. The number of hydrogen-bond acceptors (Lipinski definition) is 5. The van der Waals surface area contributed by atoms with E-state index >= 15 is 0 Å². The number of aromatic nitrogens is 3. The molecular formula is C20H20N4O2S. The quantitative estimate of drug-likeness (QED) is 0.757. The molecule has 0 radical (unpaired) electrons. The smallest absolute Gasteiger partial charge is 0.264 e. The van der Waals surface area contributed by atoms with Gasteiger partial charge in [-0.3, -0.25) is 9.59 Å². The van der Waals surface area contributed by atoms with E-state index in [1.54, 1.807) is 4.90 Å². The van der Waals surface area contributed by atoms with Gasteiger partial charge in [0, 0.05) is 30.6 Å². The van der Waals surface area contributed by atoms with Gasteiger partial charge in [0.05, 0.1) is 5.01 Å². The van der Waals surface area contributed by atoms with Gasteiger partial charge in [-0.25, -0.2) is 9.97 Å². The van der Waals surface area contributed by atoms with E-state index in [0.29, 0.717) is 30.5 Å². The number of nitrogens with one attached hydrogen (secondary N) is 1. The second-order valence-corrected chi connectivity index (χ2v) is 7.79. The summed E-state index contributed by atoms with van der Waals surface area (Å²) in [5, 5.41) is 2.73. The van der Waals surface area contributed by atoms with Gasteiger partial charge in [-0.1, -0.05) is 30.3 Å². The van der Waals surface area contributed by atoms with Crippen molar-refractivity contribution in [1.82, 2.24) is 19.9 Å². The SMILES string of the molecule is Cc1nc(-c2ncc(C(=O)N3CCC[C@H](c4ccccc4)C3)c(=O)[nH]2)cs1. The molecule has 6 nitrogen and oxygen atoms in total.